The van der Waals surface area contributed by atoms with Gasteiger partial charge in [0.25, 0.3) is 0 Å². The molecule has 1 aliphatic carbocycles. The van der Waals surface area contributed by atoms with Crippen LogP contribution >= 0.6 is 0 Å². The van der Waals surface area contributed by atoms with Gasteiger partial charge in [-0.05, 0) is 41.4 Å². The molecule has 1 unspecified atom stereocenters. The Bertz CT molecular complexity index is 536. The predicted octanol–water partition coefficient (Wildman–Crippen LogP) is 5.34. The zero-order chi connectivity index (χ0) is 16.7. The Hall–Kier alpha value is -1.10. The quantitative estimate of drug-likeness (QED) is 0.730. The van der Waals surface area contributed by atoms with Crippen molar-refractivity contribution in [1.82, 2.24) is 0 Å². The molecule has 0 radical (unpaired) electrons. The molecule has 1 aliphatic rings. The molecule has 0 aliphatic heterocycles. The lowest BCUT2D eigenvalue weighted by molar-refractivity contribution is -0.140. The highest BCUT2D eigenvalue weighted by molar-refractivity contribution is 5.28. The molecule has 1 aromatic rings. The van der Waals surface area contributed by atoms with E-state index in [2.05, 4.69) is 13.8 Å². The highest BCUT2D eigenvalue weighted by Crippen LogP contribution is 2.49. The van der Waals surface area contributed by atoms with Gasteiger partial charge in [0.2, 0.25) is 0 Å². The molecule has 3 atom stereocenters. The van der Waals surface area contributed by atoms with Gasteiger partial charge in [-0.25, -0.2) is 4.39 Å². The molecule has 22 heavy (non-hydrogen) atoms. The van der Waals surface area contributed by atoms with Crippen LogP contribution in [-0.2, 0) is 6.18 Å². The molecule has 0 amide bonds. The van der Waals surface area contributed by atoms with Gasteiger partial charge in [0.15, 0.2) is 0 Å². The first-order valence-corrected chi connectivity index (χ1v) is 7.59. The SMILES string of the molecule is C[C@H]1CCCC(C)(C)[C@@H]1C(O)c1ccc(C(F)(F)F)c(F)c1. The normalized spacial score (nSPS) is 26.7. The minimum Gasteiger partial charge on any atom is -0.388 e. The van der Waals surface area contributed by atoms with E-state index in [-0.39, 0.29) is 22.8 Å². The van der Waals surface area contributed by atoms with Crippen LogP contribution in [0.4, 0.5) is 17.6 Å². The fourth-order valence-electron chi connectivity index (χ4n) is 3.89. The van der Waals surface area contributed by atoms with Crippen LogP contribution in [0.1, 0.15) is 57.3 Å². The van der Waals surface area contributed by atoms with E-state index < -0.39 is 23.7 Å². The van der Waals surface area contributed by atoms with Crippen LogP contribution in [0.25, 0.3) is 0 Å². The van der Waals surface area contributed by atoms with E-state index in [0.29, 0.717) is 6.07 Å². The topological polar surface area (TPSA) is 20.2 Å². The minimum absolute atomic E-state index is 0.0996. The van der Waals surface area contributed by atoms with Gasteiger partial charge in [-0.15, -0.1) is 0 Å². The highest BCUT2D eigenvalue weighted by atomic mass is 19.4. The van der Waals surface area contributed by atoms with Crippen molar-refractivity contribution >= 4 is 0 Å². The number of benzene rings is 1. The highest BCUT2D eigenvalue weighted by Gasteiger charge is 2.42. The average molecular weight is 318 g/mol. The molecule has 1 N–H and O–H groups in total. The molecular formula is C17H22F4O. The lowest BCUT2D eigenvalue weighted by Crippen LogP contribution is -2.38. The number of rotatable bonds is 2. The van der Waals surface area contributed by atoms with Crippen LogP contribution in [0, 0.1) is 23.1 Å². The molecule has 0 saturated heterocycles. The van der Waals surface area contributed by atoms with Gasteiger partial charge >= 0.3 is 6.18 Å². The Morgan fingerprint density at radius 2 is 1.91 bits per heavy atom. The van der Waals surface area contributed by atoms with Crippen molar-refractivity contribution in [3.05, 3.63) is 35.1 Å². The van der Waals surface area contributed by atoms with E-state index in [9.17, 15) is 22.7 Å². The Labute approximate surface area is 128 Å². The van der Waals surface area contributed by atoms with Crippen molar-refractivity contribution in [3.8, 4) is 0 Å². The lowest BCUT2D eigenvalue weighted by Gasteiger charge is -2.45. The van der Waals surface area contributed by atoms with Crippen LogP contribution in [-0.4, -0.2) is 5.11 Å². The van der Waals surface area contributed by atoms with Gasteiger partial charge in [-0.1, -0.05) is 39.7 Å². The summed E-state index contributed by atoms with van der Waals surface area (Å²) in [6.45, 7) is 6.14. The van der Waals surface area contributed by atoms with Crippen molar-refractivity contribution in [1.29, 1.82) is 0 Å². The Morgan fingerprint density at radius 1 is 1.27 bits per heavy atom. The maximum Gasteiger partial charge on any atom is 0.419 e. The van der Waals surface area contributed by atoms with Crippen molar-refractivity contribution in [3.63, 3.8) is 0 Å². The van der Waals surface area contributed by atoms with Crippen LogP contribution in [0.2, 0.25) is 0 Å². The third-order valence-corrected chi connectivity index (χ3v) is 4.98. The first-order valence-electron chi connectivity index (χ1n) is 7.59. The number of halogens is 4. The second-order valence-corrected chi connectivity index (χ2v) is 7.07. The van der Waals surface area contributed by atoms with Crippen LogP contribution < -0.4 is 0 Å². The smallest absolute Gasteiger partial charge is 0.388 e. The number of aliphatic hydroxyl groups is 1. The van der Waals surface area contributed by atoms with E-state index in [4.69, 9.17) is 0 Å². The number of alkyl halides is 3. The zero-order valence-corrected chi connectivity index (χ0v) is 13.0. The summed E-state index contributed by atoms with van der Waals surface area (Å²) >= 11 is 0. The monoisotopic (exact) mass is 318 g/mol. The molecular weight excluding hydrogens is 296 g/mol. The first kappa shape index (κ1) is 17.3. The Balaban J connectivity index is 2.33. The first-order chi connectivity index (χ1) is 10.0. The van der Waals surface area contributed by atoms with E-state index in [0.717, 1.165) is 25.3 Å². The van der Waals surface area contributed by atoms with E-state index >= 15 is 0 Å². The Kier molecular flexibility index (Phi) is 4.58. The van der Waals surface area contributed by atoms with E-state index in [1.165, 1.54) is 6.07 Å². The maximum atomic E-state index is 13.7. The van der Waals surface area contributed by atoms with Crippen molar-refractivity contribution in [2.45, 2.75) is 52.3 Å². The summed E-state index contributed by atoms with van der Waals surface area (Å²) in [4.78, 5) is 0. The molecule has 0 aromatic heterocycles. The summed E-state index contributed by atoms with van der Waals surface area (Å²) in [6, 6.07) is 2.73. The van der Waals surface area contributed by atoms with Gasteiger partial charge in [-0.3, -0.25) is 0 Å². The van der Waals surface area contributed by atoms with E-state index in [1.54, 1.807) is 0 Å². The third-order valence-electron chi connectivity index (χ3n) is 4.98. The van der Waals surface area contributed by atoms with Crippen molar-refractivity contribution in [2.24, 2.45) is 17.3 Å². The molecule has 0 bridgehead atoms. The van der Waals surface area contributed by atoms with Crippen LogP contribution in [0.3, 0.4) is 0 Å². The third kappa shape index (κ3) is 3.29. The largest absolute Gasteiger partial charge is 0.419 e. The number of hydrogen-bond acceptors (Lipinski definition) is 1. The summed E-state index contributed by atoms with van der Waals surface area (Å²) in [6.07, 6.45) is -2.69. The molecule has 5 heteroatoms. The summed E-state index contributed by atoms with van der Waals surface area (Å²) in [7, 11) is 0. The summed E-state index contributed by atoms with van der Waals surface area (Å²) in [5.74, 6) is -1.19. The molecule has 124 valence electrons. The molecule has 1 nitrogen and oxygen atoms in total. The van der Waals surface area contributed by atoms with Gasteiger partial charge < -0.3 is 5.11 Å². The fourth-order valence-corrected chi connectivity index (χ4v) is 3.89. The standard InChI is InChI=1S/C17H22F4O/c1-10-5-4-8-16(2,3)14(10)15(22)11-6-7-12(13(18)9-11)17(19,20)21/h6-7,9-10,14-15,22H,4-5,8H2,1-3H3/t10-,14-,15?/m0/s1. The summed E-state index contributed by atoms with van der Waals surface area (Å²) < 4.78 is 51.6. The summed E-state index contributed by atoms with van der Waals surface area (Å²) in [5.41, 5.74) is -1.20. The molecule has 1 aromatic carbocycles. The van der Waals surface area contributed by atoms with Gasteiger partial charge in [-0.2, -0.15) is 13.2 Å². The molecule has 2 rings (SSSR count). The van der Waals surface area contributed by atoms with Crippen LogP contribution in [0.15, 0.2) is 18.2 Å². The minimum atomic E-state index is -4.72. The predicted molar refractivity (Wildman–Crippen MR) is 76.6 cm³/mol. The fraction of sp³-hybridized carbons (Fsp3) is 0.647. The van der Waals surface area contributed by atoms with Gasteiger partial charge in [0, 0.05) is 0 Å². The summed E-state index contributed by atoms with van der Waals surface area (Å²) in [5, 5.41) is 10.6. The maximum absolute atomic E-state index is 13.7. The second kappa shape index (κ2) is 5.84. The average Bonchev–Trinajstić information content (AvgIpc) is 2.35. The second-order valence-electron chi connectivity index (χ2n) is 7.07. The number of hydrogen-bond donors (Lipinski definition) is 1. The van der Waals surface area contributed by atoms with E-state index in [1.807, 2.05) is 6.92 Å². The zero-order valence-electron chi connectivity index (χ0n) is 13.0. The lowest BCUT2D eigenvalue weighted by atomic mass is 9.61. The van der Waals surface area contributed by atoms with Gasteiger partial charge in [0.1, 0.15) is 5.82 Å². The Morgan fingerprint density at radius 3 is 2.41 bits per heavy atom. The molecule has 1 saturated carbocycles. The molecule has 0 spiro atoms. The van der Waals surface area contributed by atoms with Crippen molar-refractivity contribution in [2.75, 3.05) is 0 Å². The molecule has 1 fully saturated rings. The van der Waals surface area contributed by atoms with Gasteiger partial charge in [0.05, 0.1) is 11.7 Å². The van der Waals surface area contributed by atoms with Crippen molar-refractivity contribution < 1.29 is 22.7 Å². The number of aliphatic hydroxyl groups excluding tert-OH is 1. The molecule has 0 heterocycles. The van der Waals surface area contributed by atoms with Crippen LogP contribution in [0.5, 0.6) is 0 Å².